The van der Waals surface area contributed by atoms with Crippen LogP contribution in [0.2, 0.25) is 5.02 Å². The number of amides is 1. The number of hydrogen-bond donors (Lipinski definition) is 1. The standard InChI is InChI=1S/C13H18ClN3O2/c1-17-4-5-19-9-10(8-17)6-16-13(18)11-2-3-15-7-12(11)14/h2-3,7,10H,4-6,8-9H2,1H3,(H,16,18)/t10-/m1/s1. The van der Waals surface area contributed by atoms with E-state index in [1.165, 1.54) is 6.20 Å². The molecule has 1 N–H and O–H groups in total. The molecule has 1 aromatic heterocycles. The fraction of sp³-hybridized carbons (Fsp3) is 0.538. The number of rotatable bonds is 3. The van der Waals surface area contributed by atoms with Gasteiger partial charge in [-0.3, -0.25) is 9.78 Å². The summed E-state index contributed by atoms with van der Waals surface area (Å²) in [6.07, 6.45) is 3.03. The number of nitrogens with one attached hydrogen (secondary N) is 1. The van der Waals surface area contributed by atoms with Crippen molar-refractivity contribution in [2.75, 3.05) is 39.9 Å². The number of nitrogens with zero attached hydrogens (tertiary/aromatic N) is 2. The molecule has 0 radical (unpaired) electrons. The van der Waals surface area contributed by atoms with Crippen LogP contribution in [-0.2, 0) is 4.74 Å². The largest absolute Gasteiger partial charge is 0.380 e. The first-order chi connectivity index (χ1) is 9.16. The molecule has 1 aromatic rings. The van der Waals surface area contributed by atoms with E-state index in [0.717, 1.165) is 19.7 Å². The van der Waals surface area contributed by atoms with Crippen molar-refractivity contribution in [1.82, 2.24) is 15.2 Å². The van der Waals surface area contributed by atoms with Gasteiger partial charge in [0.05, 0.1) is 23.8 Å². The second-order valence-electron chi connectivity index (χ2n) is 4.77. The van der Waals surface area contributed by atoms with Gasteiger partial charge in [-0.25, -0.2) is 0 Å². The second-order valence-corrected chi connectivity index (χ2v) is 5.18. The zero-order valence-corrected chi connectivity index (χ0v) is 11.7. The van der Waals surface area contributed by atoms with E-state index in [9.17, 15) is 4.79 Å². The molecule has 2 rings (SSSR count). The number of carbonyl (C=O) groups is 1. The molecule has 1 atom stereocenters. The van der Waals surface area contributed by atoms with Gasteiger partial charge >= 0.3 is 0 Å². The molecule has 1 saturated heterocycles. The molecule has 104 valence electrons. The highest BCUT2D eigenvalue weighted by Gasteiger charge is 2.18. The number of aromatic nitrogens is 1. The number of carbonyl (C=O) groups excluding carboxylic acids is 1. The minimum Gasteiger partial charge on any atom is -0.380 e. The van der Waals surface area contributed by atoms with Crippen LogP contribution in [-0.4, -0.2) is 55.7 Å². The summed E-state index contributed by atoms with van der Waals surface area (Å²) in [7, 11) is 2.06. The summed E-state index contributed by atoms with van der Waals surface area (Å²) in [5, 5.41) is 3.27. The lowest BCUT2D eigenvalue weighted by atomic mass is 10.1. The fourth-order valence-corrected chi connectivity index (χ4v) is 2.28. The van der Waals surface area contributed by atoms with Crippen LogP contribution in [0.4, 0.5) is 0 Å². The van der Waals surface area contributed by atoms with Crippen LogP contribution in [0.25, 0.3) is 0 Å². The Kier molecular flexibility index (Phi) is 5.13. The lowest BCUT2D eigenvalue weighted by molar-refractivity contribution is 0.0921. The van der Waals surface area contributed by atoms with Crippen LogP contribution >= 0.6 is 11.6 Å². The first-order valence-corrected chi connectivity index (χ1v) is 6.68. The Bertz CT molecular complexity index is 442. The maximum atomic E-state index is 12.0. The minimum absolute atomic E-state index is 0.167. The van der Waals surface area contributed by atoms with E-state index in [-0.39, 0.29) is 5.91 Å². The van der Waals surface area contributed by atoms with Crippen molar-refractivity contribution in [2.45, 2.75) is 0 Å². The Hall–Kier alpha value is -1.17. The van der Waals surface area contributed by atoms with Crippen molar-refractivity contribution in [3.8, 4) is 0 Å². The molecule has 0 bridgehead atoms. The van der Waals surface area contributed by atoms with Crippen molar-refractivity contribution < 1.29 is 9.53 Å². The number of hydrogen-bond acceptors (Lipinski definition) is 4. The summed E-state index contributed by atoms with van der Waals surface area (Å²) in [4.78, 5) is 18.1. The van der Waals surface area contributed by atoms with Gasteiger partial charge in [-0.1, -0.05) is 11.6 Å². The zero-order valence-electron chi connectivity index (χ0n) is 10.9. The molecule has 1 aliphatic rings. The van der Waals surface area contributed by atoms with Crippen LogP contribution in [0, 0.1) is 5.92 Å². The predicted octanol–water partition coefficient (Wildman–Crippen LogP) is 1.04. The van der Waals surface area contributed by atoms with Crippen molar-refractivity contribution in [1.29, 1.82) is 0 Å². The van der Waals surface area contributed by atoms with Crippen LogP contribution in [0.15, 0.2) is 18.5 Å². The zero-order chi connectivity index (χ0) is 13.7. The van der Waals surface area contributed by atoms with Gasteiger partial charge in [-0.15, -0.1) is 0 Å². The van der Waals surface area contributed by atoms with Gasteiger partial charge in [0.2, 0.25) is 0 Å². The summed E-state index contributed by atoms with van der Waals surface area (Å²) in [6.45, 7) is 3.86. The molecule has 5 nitrogen and oxygen atoms in total. The Labute approximate surface area is 117 Å². The maximum Gasteiger partial charge on any atom is 0.252 e. The molecule has 1 fully saturated rings. The summed E-state index contributed by atoms with van der Waals surface area (Å²) in [5.41, 5.74) is 0.458. The molecule has 0 spiro atoms. The van der Waals surface area contributed by atoms with E-state index in [4.69, 9.17) is 16.3 Å². The molecule has 0 aromatic carbocycles. The molecule has 0 saturated carbocycles. The lowest BCUT2D eigenvalue weighted by Gasteiger charge is -2.19. The Morgan fingerprint density at radius 3 is 3.32 bits per heavy atom. The maximum absolute atomic E-state index is 12.0. The van der Waals surface area contributed by atoms with Crippen molar-refractivity contribution in [3.05, 3.63) is 29.0 Å². The molecule has 1 aliphatic heterocycles. The predicted molar refractivity (Wildman–Crippen MR) is 73.4 cm³/mol. The molecular weight excluding hydrogens is 266 g/mol. The molecule has 19 heavy (non-hydrogen) atoms. The van der Waals surface area contributed by atoms with Gasteiger partial charge in [0.1, 0.15) is 0 Å². The van der Waals surface area contributed by atoms with E-state index >= 15 is 0 Å². The van der Waals surface area contributed by atoms with Crippen LogP contribution in [0.1, 0.15) is 10.4 Å². The van der Waals surface area contributed by atoms with Gasteiger partial charge in [0, 0.05) is 37.9 Å². The molecular formula is C13H18ClN3O2. The van der Waals surface area contributed by atoms with E-state index in [1.54, 1.807) is 12.3 Å². The summed E-state index contributed by atoms with van der Waals surface area (Å²) in [6, 6.07) is 1.62. The quantitative estimate of drug-likeness (QED) is 0.901. The summed E-state index contributed by atoms with van der Waals surface area (Å²) < 4.78 is 5.51. The number of ether oxygens (including phenoxy) is 1. The third-order valence-corrected chi connectivity index (χ3v) is 3.41. The van der Waals surface area contributed by atoms with Gasteiger partial charge in [0.15, 0.2) is 0 Å². The first-order valence-electron chi connectivity index (χ1n) is 6.31. The summed E-state index contributed by atoms with van der Waals surface area (Å²) in [5.74, 6) is 0.136. The monoisotopic (exact) mass is 283 g/mol. The normalized spacial score (nSPS) is 20.8. The molecule has 0 aliphatic carbocycles. The topological polar surface area (TPSA) is 54.5 Å². The van der Waals surface area contributed by atoms with Gasteiger partial charge < -0.3 is 15.0 Å². The fourth-order valence-electron chi connectivity index (χ4n) is 2.07. The van der Waals surface area contributed by atoms with E-state index in [0.29, 0.717) is 29.7 Å². The van der Waals surface area contributed by atoms with Crippen LogP contribution < -0.4 is 5.32 Å². The summed E-state index contributed by atoms with van der Waals surface area (Å²) >= 11 is 5.93. The van der Waals surface area contributed by atoms with Gasteiger partial charge in [0.25, 0.3) is 5.91 Å². The minimum atomic E-state index is -0.167. The number of halogens is 1. The van der Waals surface area contributed by atoms with E-state index in [2.05, 4.69) is 22.2 Å². The molecule has 6 heteroatoms. The highest BCUT2D eigenvalue weighted by atomic mass is 35.5. The first kappa shape index (κ1) is 14.2. The van der Waals surface area contributed by atoms with Crippen LogP contribution in [0.3, 0.4) is 0 Å². The Balaban J connectivity index is 1.88. The number of likely N-dealkylation sites (N-methyl/N-ethyl adjacent to an activating group) is 1. The third kappa shape index (κ3) is 4.16. The van der Waals surface area contributed by atoms with Crippen molar-refractivity contribution in [2.24, 2.45) is 5.92 Å². The van der Waals surface area contributed by atoms with E-state index < -0.39 is 0 Å². The van der Waals surface area contributed by atoms with Crippen molar-refractivity contribution >= 4 is 17.5 Å². The molecule has 1 amide bonds. The second kappa shape index (κ2) is 6.84. The van der Waals surface area contributed by atoms with Gasteiger partial charge in [-0.2, -0.15) is 0 Å². The molecule has 2 heterocycles. The van der Waals surface area contributed by atoms with Gasteiger partial charge in [-0.05, 0) is 13.1 Å². The Morgan fingerprint density at radius 1 is 1.68 bits per heavy atom. The van der Waals surface area contributed by atoms with Crippen molar-refractivity contribution in [3.63, 3.8) is 0 Å². The highest BCUT2D eigenvalue weighted by molar-refractivity contribution is 6.33. The Morgan fingerprint density at radius 2 is 2.53 bits per heavy atom. The molecule has 0 unspecified atom stereocenters. The van der Waals surface area contributed by atoms with E-state index in [1.807, 2.05) is 0 Å². The lowest BCUT2D eigenvalue weighted by Crippen LogP contribution is -2.36. The third-order valence-electron chi connectivity index (χ3n) is 3.11. The highest BCUT2D eigenvalue weighted by Crippen LogP contribution is 2.13. The smallest absolute Gasteiger partial charge is 0.252 e. The number of pyridine rings is 1. The SMILES string of the molecule is CN1CCOC[C@H](CNC(=O)c2ccncc2Cl)C1. The average molecular weight is 284 g/mol. The average Bonchev–Trinajstić information content (AvgIpc) is 2.61. The van der Waals surface area contributed by atoms with Crippen LogP contribution in [0.5, 0.6) is 0 Å².